The van der Waals surface area contributed by atoms with E-state index in [9.17, 15) is 0 Å². The first kappa shape index (κ1) is 24.3. The van der Waals surface area contributed by atoms with Crippen LogP contribution in [0, 0.1) is 3.57 Å². The van der Waals surface area contributed by atoms with E-state index in [0.717, 1.165) is 34.3 Å². The van der Waals surface area contributed by atoms with Crippen LogP contribution < -0.4 is 0 Å². The van der Waals surface area contributed by atoms with E-state index in [-0.39, 0.29) is 5.41 Å². The van der Waals surface area contributed by atoms with Gasteiger partial charge in [0, 0.05) is 33.9 Å². The highest BCUT2D eigenvalue weighted by Crippen LogP contribution is 2.42. The van der Waals surface area contributed by atoms with Gasteiger partial charge in [0.1, 0.15) is 0 Å². The lowest BCUT2D eigenvalue weighted by Gasteiger charge is -2.34. The molecule has 1 saturated heterocycles. The van der Waals surface area contributed by atoms with Crippen LogP contribution in [0.1, 0.15) is 62.6 Å². The summed E-state index contributed by atoms with van der Waals surface area (Å²) in [6.45, 7) is 9.38. The summed E-state index contributed by atoms with van der Waals surface area (Å²) in [4.78, 5) is 2.76. The van der Waals surface area contributed by atoms with Crippen molar-refractivity contribution in [3.63, 3.8) is 0 Å². The Labute approximate surface area is 222 Å². The SMILES string of the molecule is Cn1c(SCCCN2CCC3c4ccc(C(C)(C)C)cc4CCC32)nnc1-c1ccc(I)cc1. The minimum Gasteiger partial charge on any atom is -0.305 e. The molecule has 0 radical (unpaired) electrons. The summed E-state index contributed by atoms with van der Waals surface area (Å²) in [5, 5.41) is 9.92. The molecule has 0 N–H and O–H groups in total. The van der Waals surface area contributed by atoms with E-state index in [1.807, 2.05) is 11.8 Å². The first-order valence-corrected chi connectivity index (χ1v) is 14.5. The second-order valence-corrected chi connectivity index (χ2v) is 13.1. The maximum absolute atomic E-state index is 4.46. The van der Waals surface area contributed by atoms with E-state index < -0.39 is 0 Å². The van der Waals surface area contributed by atoms with Gasteiger partial charge in [0.05, 0.1) is 0 Å². The van der Waals surface area contributed by atoms with Crippen molar-refractivity contribution in [2.75, 3.05) is 18.8 Å². The normalized spacial score (nSPS) is 20.4. The van der Waals surface area contributed by atoms with Gasteiger partial charge in [0.2, 0.25) is 0 Å². The van der Waals surface area contributed by atoms with Crippen molar-refractivity contribution in [3.05, 3.63) is 62.7 Å². The molecule has 1 aliphatic heterocycles. The second-order valence-electron chi connectivity index (χ2n) is 10.8. The molecule has 5 rings (SSSR count). The Balaban J connectivity index is 1.15. The lowest BCUT2D eigenvalue weighted by Crippen LogP contribution is -2.36. The van der Waals surface area contributed by atoms with Crippen molar-refractivity contribution >= 4 is 34.4 Å². The molecule has 180 valence electrons. The standard InChI is InChI=1S/C28H35IN4S/c1-28(2,3)21-9-12-23-20(18-21)8-13-25-24(23)14-16-33(25)15-5-17-34-27-31-30-26(32(27)4)19-6-10-22(29)11-7-19/h6-7,9-12,18,24-25H,5,8,13-17H2,1-4H3. The van der Waals surface area contributed by atoms with E-state index in [4.69, 9.17) is 0 Å². The van der Waals surface area contributed by atoms with Crippen molar-refractivity contribution < 1.29 is 0 Å². The van der Waals surface area contributed by atoms with Gasteiger partial charge in [-0.1, -0.05) is 62.9 Å². The summed E-state index contributed by atoms with van der Waals surface area (Å²) < 4.78 is 3.36. The molecule has 2 heterocycles. The number of halogens is 1. The molecule has 0 spiro atoms. The summed E-state index contributed by atoms with van der Waals surface area (Å²) in [6, 6.07) is 16.5. The van der Waals surface area contributed by atoms with Crippen LogP contribution in [-0.2, 0) is 18.9 Å². The van der Waals surface area contributed by atoms with E-state index in [0.29, 0.717) is 0 Å². The zero-order chi connectivity index (χ0) is 23.9. The Morgan fingerprint density at radius 3 is 2.62 bits per heavy atom. The first-order valence-electron chi connectivity index (χ1n) is 12.5. The number of fused-ring (bicyclic) bond motifs is 3. The number of hydrogen-bond acceptors (Lipinski definition) is 4. The molecule has 0 amide bonds. The number of aryl methyl sites for hydroxylation is 1. The maximum atomic E-state index is 4.46. The molecule has 0 saturated carbocycles. The Bertz CT molecular complexity index is 1150. The van der Waals surface area contributed by atoms with Crippen LogP contribution >= 0.6 is 34.4 Å². The number of hydrogen-bond donors (Lipinski definition) is 0. The number of aromatic nitrogens is 3. The predicted molar refractivity (Wildman–Crippen MR) is 151 cm³/mol. The van der Waals surface area contributed by atoms with Crippen molar-refractivity contribution in [3.8, 4) is 11.4 Å². The fraction of sp³-hybridized carbons (Fsp3) is 0.500. The molecule has 1 fully saturated rings. The van der Waals surface area contributed by atoms with Gasteiger partial charge in [-0.05, 0) is 95.6 Å². The molecule has 4 nitrogen and oxygen atoms in total. The molecular formula is C28H35IN4S. The van der Waals surface area contributed by atoms with Gasteiger partial charge in [-0.3, -0.25) is 4.90 Å². The average Bonchev–Trinajstić information content (AvgIpc) is 3.40. The predicted octanol–water partition coefficient (Wildman–Crippen LogP) is 6.67. The first-order chi connectivity index (χ1) is 16.3. The Hall–Kier alpha value is -1.38. The zero-order valence-corrected chi connectivity index (χ0v) is 23.7. The Kier molecular flexibility index (Phi) is 7.11. The molecule has 2 unspecified atom stereocenters. The molecular weight excluding hydrogens is 551 g/mol. The van der Waals surface area contributed by atoms with Crippen LogP contribution in [0.5, 0.6) is 0 Å². The highest BCUT2D eigenvalue weighted by molar-refractivity contribution is 14.1. The van der Waals surface area contributed by atoms with Crippen LogP contribution in [0.3, 0.4) is 0 Å². The van der Waals surface area contributed by atoms with Crippen molar-refractivity contribution in [1.82, 2.24) is 19.7 Å². The van der Waals surface area contributed by atoms with Gasteiger partial charge < -0.3 is 4.57 Å². The smallest absolute Gasteiger partial charge is 0.191 e. The minimum absolute atomic E-state index is 0.231. The maximum Gasteiger partial charge on any atom is 0.191 e. The van der Waals surface area contributed by atoms with Gasteiger partial charge in [0.25, 0.3) is 0 Å². The Morgan fingerprint density at radius 1 is 1.06 bits per heavy atom. The van der Waals surface area contributed by atoms with Gasteiger partial charge in [-0.15, -0.1) is 10.2 Å². The molecule has 3 aromatic rings. The highest BCUT2D eigenvalue weighted by Gasteiger charge is 2.38. The highest BCUT2D eigenvalue weighted by atomic mass is 127. The van der Waals surface area contributed by atoms with Gasteiger partial charge in [-0.25, -0.2) is 0 Å². The fourth-order valence-electron chi connectivity index (χ4n) is 5.62. The number of thioether (sulfide) groups is 1. The summed E-state index contributed by atoms with van der Waals surface area (Å²) in [5.74, 6) is 2.75. The van der Waals surface area contributed by atoms with Gasteiger partial charge in [0.15, 0.2) is 11.0 Å². The average molecular weight is 587 g/mol. The van der Waals surface area contributed by atoms with Crippen LogP contribution in [0.25, 0.3) is 11.4 Å². The third-order valence-electron chi connectivity index (χ3n) is 7.54. The second kappa shape index (κ2) is 9.94. The van der Waals surface area contributed by atoms with E-state index in [1.165, 1.54) is 47.9 Å². The van der Waals surface area contributed by atoms with Crippen molar-refractivity contribution in [2.24, 2.45) is 7.05 Å². The third kappa shape index (κ3) is 4.96. The van der Waals surface area contributed by atoms with E-state index in [1.54, 1.807) is 11.1 Å². The van der Waals surface area contributed by atoms with E-state index >= 15 is 0 Å². The summed E-state index contributed by atoms with van der Waals surface area (Å²) in [7, 11) is 2.07. The van der Waals surface area contributed by atoms with Crippen molar-refractivity contribution in [1.29, 1.82) is 0 Å². The van der Waals surface area contributed by atoms with Gasteiger partial charge >= 0.3 is 0 Å². The van der Waals surface area contributed by atoms with Crippen LogP contribution in [0.15, 0.2) is 47.6 Å². The number of nitrogens with zero attached hydrogens (tertiary/aromatic N) is 4. The lowest BCUT2D eigenvalue weighted by atomic mass is 9.76. The van der Waals surface area contributed by atoms with Crippen molar-refractivity contribution in [2.45, 2.75) is 69.0 Å². The van der Waals surface area contributed by atoms with Crippen LogP contribution in [0.4, 0.5) is 0 Å². The van der Waals surface area contributed by atoms with E-state index in [2.05, 4.69) is 113 Å². The molecule has 6 heteroatoms. The molecule has 0 bridgehead atoms. The topological polar surface area (TPSA) is 34.0 Å². The molecule has 2 aliphatic rings. The number of likely N-dealkylation sites (tertiary alicyclic amines) is 1. The molecule has 2 atom stereocenters. The largest absolute Gasteiger partial charge is 0.305 e. The van der Waals surface area contributed by atoms with Gasteiger partial charge in [-0.2, -0.15) is 0 Å². The fourth-order valence-corrected chi connectivity index (χ4v) is 6.81. The van der Waals surface area contributed by atoms with Crippen LogP contribution in [0.2, 0.25) is 0 Å². The molecule has 1 aromatic heterocycles. The lowest BCUT2D eigenvalue weighted by molar-refractivity contribution is 0.228. The molecule has 1 aliphatic carbocycles. The summed E-state index contributed by atoms with van der Waals surface area (Å²) in [5.41, 5.74) is 6.07. The zero-order valence-electron chi connectivity index (χ0n) is 20.7. The monoisotopic (exact) mass is 586 g/mol. The van der Waals surface area contributed by atoms with Crippen LogP contribution in [-0.4, -0.2) is 44.5 Å². The summed E-state index contributed by atoms with van der Waals surface area (Å²) in [6.07, 6.45) is 5.03. The number of benzene rings is 2. The quantitative estimate of drug-likeness (QED) is 0.184. The Morgan fingerprint density at radius 2 is 1.85 bits per heavy atom. The number of rotatable bonds is 6. The molecule has 34 heavy (non-hydrogen) atoms. The summed E-state index contributed by atoms with van der Waals surface area (Å²) >= 11 is 4.16. The third-order valence-corrected chi connectivity index (χ3v) is 9.36. The molecule has 2 aromatic carbocycles. The minimum atomic E-state index is 0.231.